The molecule has 0 aliphatic carbocycles. The van der Waals surface area contributed by atoms with Gasteiger partial charge in [0.25, 0.3) is 0 Å². The van der Waals surface area contributed by atoms with Gasteiger partial charge in [0.1, 0.15) is 11.4 Å². The zero-order chi connectivity index (χ0) is 16.5. The van der Waals surface area contributed by atoms with Crippen molar-refractivity contribution in [1.82, 2.24) is 20.3 Å². The quantitative estimate of drug-likeness (QED) is 0.684. The lowest BCUT2D eigenvalue weighted by atomic mass is 10.1. The normalized spacial score (nSPS) is 11.3. The Morgan fingerprint density at radius 3 is 2.65 bits per heavy atom. The largest absolute Gasteiger partial charge is 0.379 e. The number of aryl methyl sites for hydroxylation is 1. The van der Waals surface area contributed by atoms with E-state index in [2.05, 4.69) is 48.4 Å². The van der Waals surface area contributed by atoms with Gasteiger partial charge in [0.2, 0.25) is 0 Å². The van der Waals surface area contributed by atoms with E-state index in [-0.39, 0.29) is 0 Å². The number of rotatable bonds is 10. The summed E-state index contributed by atoms with van der Waals surface area (Å²) in [5, 5.41) is 12.7. The summed E-state index contributed by atoms with van der Waals surface area (Å²) in [6, 6.07) is 10.3. The highest BCUT2D eigenvalue weighted by Gasteiger charge is 2.12. The van der Waals surface area contributed by atoms with Crippen molar-refractivity contribution < 1.29 is 4.74 Å². The summed E-state index contributed by atoms with van der Waals surface area (Å²) in [4.78, 5) is 1.81. The fraction of sp³-hybridized carbons (Fsp3) is 0.556. The number of aromatic nitrogens is 3. The molecule has 0 bridgehead atoms. The van der Waals surface area contributed by atoms with Crippen LogP contribution in [-0.4, -0.2) is 34.2 Å². The minimum atomic E-state index is 0.300. The molecule has 5 heteroatoms. The zero-order valence-electron chi connectivity index (χ0n) is 14.5. The third-order valence-electron chi connectivity index (χ3n) is 3.44. The van der Waals surface area contributed by atoms with Gasteiger partial charge in [-0.25, -0.2) is 0 Å². The van der Waals surface area contributed by atoms with Crippen LogP contribution in [0.15, 0.2) is 30.3 Å². The Morgan fingerprint density at radius 2 is 1.96 bits per heavy atom. The lowest BCUT2D eigenvalue weighted by Crippen LogP contribution is -2.18. The number of ether oxygens (including phenoxy) is 1. The molecular weight excluding hydrogens is 288 g/mol. The molecule has 1 aromatic heterocycles. The number of hydrogen-bond donors (Lipinski definition) is 1. The van der Waals surface area contributed by atoms with E-state index in [0.29, 0.717) is 6.10 Å². The first-order chi connectivity index (χ1) is 11.2. The number of nitrogens with one attached hydrogen (secondary N) is 1. The average molecular weight is 316 g/mol. The minimum absolute atomic E-state index is 0.300. The zero-order valence-corrected chi connectivity index (χ0v) is 14.5. The first-order valence-corrected chi connectivity index (χ1v) is 8.52. The van der Waals surface area contributed by atoms with Gasteiger partial charge in [0.05, 0.1) is 12.6 Å². The molecule has 1 N–H and O–H groups in total. The van der Waals surface area contributed by atoms with Gasteiger partial charge in [0.15, 0.2) is 0 Å². The summed E-state index contributed by atoms with van der Waals surface area (Å²) in [6.45, 7) is 9.55. The van der Waals surface area contributed by atoms with Crippen LogP contribution in [0.5, 0.6) is 0 Å². The van der Waals surface area contributed by atoms with E-state index in [0.717, 1.165) is 56.0 Å². The highest BCUT2D eigenvalue weighted by atomic mass is 16.5. The van der Waals surface area contributed by atoms with Crippen LogP contribution in [0.1, 0.15) is 39.3 Å². The van der Waals surface area contributed by atoms with E-state index in [1.807, 2.05) is 18.2 Å². The topological polar surface area (TPSA) is 52.0 Å². The molecule has 0 aliphatic heterocycles. The molecule has 126 valence electrons. The van der Waals surface area contributed by atoms with Crippen LogP contribution in [0, 0.1) is 0 Å². The Labute approximate surface area is 139 Å². The average Bonchev–Trinajstić information content (AvgIpc) is 2.94. The fourth-order valence-electron chi connectivity index (χ4n) is 2.34. The summed E-state index contributed by atoms with van der Waals surface area (Å²) in [6.07, 6.45) is 2.33. The van der Waals surface area contributed by atoms with E-state index < -0.39 is 0 Å². The molecule has 0 saturated heterocycles. The Bertz CT molecular complexity index is 566. The van der Waals surface area contributed by atoms with Gasteiger partial charge in [-0.05, 0) is 33.2 Å². The predicted molar refractivity (Wildman–Crippen MR) is 93.2 cm³/mol. The van der Waals surface area contributed by atoms with Crippen molar-refractivity contribution in [3.63, 3.8) is 0 Å². The van der Waals surface area contributed by atoms with Crippen LogP contribution in [0.3, 0.4) is 0 Å². The van der Waals surface area contributed by atoms with Crippen LogP contribution in [0.2, 0.25) is 0 Å². The van der Waals surface area contributed by atoms with Crippen LogP contribution in [-0.2, 0) is 17.8 Å². The first kappa shape index (κ1) is 17.6. The van der Waals surface area contributed by atoms with Crippen molar-refractivity contribution >= 4 is 0 Å². The highest BCUT2D eigenvalue weighted by molar-refractivity contribution is 5.60. The summed E-state index contributed by atoms with van der Waals surface area (Å²) < 4.78 is 5.55. The molecule has 0 aliphatic rings. The third-order valence-corrected chi connectivity index (χ3v) is 3.44. The Hall–Kier alpha value is -1.72. The van der Waals surface area contributed by atoms with Crippen LogP contribution < -0.4 is 5.32 Å². The molecule has 0 fully saturated rings. The van der Waals surface area contributed by atoms with Gasteiger partial charge in [-0.3, -0.25) is 0 Å². The van der Waals surface area contributed by atoms with Gasteiger partial charge in [-0.1, -0.05) is 37.3 Å². The Balaban J connectivity index is 1.94. The molecule has 1 heterocycles. The molecular formula is C18H28N4O. The summed E-state index contributed by atoms with van der Waals surface area (Å²) >= 11 is 0. The fourth-order valence-corrected chi connectivity index (χ4v) is 2.34. The SMILES string of the molecule is CCCn1nc(CNCCCOC(C)C)c(-c2ccccc2)n1. The molecule has 0 atom stereocenters. The standard InChI is InChI=1S/C18H28N4O/c1-4-12-22-20-17(14-19-11-8-13-23-15(2)3)18(21-22)16-9-6-5-7-10-16/h5-7,9-10,15,19H,4,8,11-14H2,1-3H3. The molecule has 1 aromatic carbocycles. The molecule has 23 heavy (non-hydrogen) atoms. The lowest BCUT2D eigenvalue weighted by Gasteiger charge is -2.07. The lowest BCUT2D eigenvalue weighted by molar-refractivity contribution is 0.0770. The molecule has 5 nitrogen and oxygen atoms in total. The summed E-state index contributed by atoms with van der Waals surface area (Å²) in [7, 11) is 0. The van der Waals surface area contributed by atoms with E-state index >= 15 is 0 Å². The second kappa shape index (κ2) is 9.43. The highest BCUT2D eigenvalue weighted by Crippen LogP contribution is 2.19. The molecule has 0 radical (unpaired) electrons. The molecule has 2 rings (SSSR count). The van der Waals surface area contributed by atoms with Gasteiger partial charge in [-0.2, -0.15) is 15.0 Å². The van der Waals surface area contributed by atoms with Crippen molar-refractivity contribution in [2.45, 2.75) is 52.8 Å². The number of nitrogens with zero attached hydrogens (tertiary/aromatic N) is 3. The van der Waals surface area contributed by atoms with Crippen molar-refractivity contribution in [2.75, 3.05) is 13.2 Å². The van der Waals surface area contributed by atoms with Crippen LogP contribution in [0.25, 0.3) is 11.3 Å². The Kier molecular flexibility index (Phi) is 7.23. The predicted octanol–water partition coefficient (Wildman–Crippen LogP) is 3.26. The molecule has 0 saturated carbocycles. The molecule has 0 spiro atoms. The molecule has 2 aromatic rings. The van der Waals surface area contributed by atoms with E-state index in [9.17, 15) is 0 Å². The third kappa shape index (κ3) is 5.77. The van der Waals surface area contributed by atoms with Gasteiger partial charge >= 0.3 is 0 Å². The second-order valence-corrected chi connectivity index (χ2v) is 5.91. The molecule has 0 unspecified atom stereocenters. The maximum Gasteiger partial charge on any atom is 0.117 e. The van der Waals surface area contributed by atoms with E-state index in [1.165, 1.54) is 0 Å². The van der Waals surface area contributed by atoms with Crippen molar-refractivity contribution in [1.29, 1.82) is 0 Å². The van der Waals surface area contributed by atoms with Crippen LogP contribution >= 0.6 is 0 Å². The number of hydrogen-bond acceptors (Lipinski definition) is 4. The van der Waals surface area contributed by atoms with E-state index in [1.54, 1.807) is 4.80 Å². The van der Waals surface area contributed by atoms with Crippen molar-refractivity contribution in [2.24, 2.45) is 0 Å². The van der Waals surface area contributed by atoms with Gasteiger partial charge < -0.3 is 10.1 Å². The minimum Gasteiger partial charge on any atom is -0.379 e. The summed E-state index contributed by atoms with van der Waals surface area (Å²) in [5.41, 5.74) is 3.11. The van der Waals surface area contributed by atoms with Gasteiger partial charge in [0, 0.05) is 18.7 Å². The first-order valence-electron chi connectivity index (χ1n) is 8.52. The monoisotopic (exact) mass is 316 g/mol. The van der Waals surface area contributed by atoms with Crippen molar-refractivity contribution in [3.8, 4) is 11.3 Å². The smallest absolute Gasteiger partial charge is 0.117 e. The van der Waals surface area contributed by atoms with Crippen LogP contribution in [0.4, 0.5) is 0 Å². The number of benzene rings is 1. The maximum atomic E-state index is 5.55. The maximum absolute atomic E-state index is 5.55. The van der Waals surface area contributed by atoms with Crippen molar-refractivity contribution in [3.05, 3.63) is 36.0 Å². The molecule has 0 amide bonds. The van der Waals surface area contributed by atoms with Gasteiger partial charge in [-0.15, -0.1) is 0 Å². The second-order valence-electron chi connectivity index (χ2n) is 5.91. The van der Waals surface area contributed by atoms with E-state index in [4.69, 9.17) is 4.74 Å². The summed E-state index contributed by atoms with van der Waals surface area (Å²) in [5.74, 6) is 0. The Morgan fingerprint density at radius 1 is 1.17 bits per heavy atom.